The number of alkyl carbamates (subject to hydrolysis) is 1. The van der Waals surface area contributed by atoms with Crippen molar-refractivity contribution < 1.29 is 9.53 Å². The minimum atomic E-state index is -0.336. The average molecular weight is 277 g/mol. The van der Waals surface area contributed by atoms with E-state index in [9.17, 15) is 4.79 Å². The summed E-state index contributed by atoms with van der Waals surface area (Å²) in [5.74, 6) is 0. The summed E-state index contributed by atoms with van der Waals surface area (Å²) in [6.07, 6.45) is 2.80. The molecule has 5 heteroatoms. The average Bonchev–Trinajstić information content (AvgIpc) is 2.86. The molecule has 110 valence electrons. The van der Waals surface area contributed by atoms with Crippen molar-refractivity contribution in [3.63, 3.8) is 0 Å². The molecular formula is C15H23N3O2. The molecule has 3 N–H and O–H groups in total. The summed E-state index contributed by atoms with van der Waals surface area (Å²) in [6, 6.07) is 8.27. The molecule has 1 aromatic carbocycles. The third-order valence-electron chi connectivity index (χ3n) is 3.67. The standard InChI is InChI=1S/C15H23N3O2/c1-20-15(19)17-14-7-9-18(11-14)8-3-5-12-4-2-6-13(16)10-12/h2,4,6,10,14H,3,5,7-9,11,16H2,1H3,(H,17,19). The lowest BCUT2D eigenvalue weighted by Gasteiger charge is -2.16. The first-order chi connectivity index (χ1) is 9.67. The Balaban J connectivity index is 1.67. The van der Waals surface area contributed by atoms with Crippen LogP contribution in [0.3, 0.4) is 0 Å². The molecule has 0 spiro atoms. The minimum absolute atomic E-state index is 0.217. The predicted molar refractivity (Wildman–Crippen MR) is 79.6 cm³/mol. The van der Waals surface area contributed by atoms with E-state index in [0.29, 0.717) is 0 Å². The summed E-state index contributed by atoms with van der Waals surface area (Å²) < 4.78 is 4.62. The topological polar surface area (TPSA) is 67.6 Å². The van der Waals surface area contributed by atoms with Crippen molar-refractivity contribution in [1.29, 1.82) is 0 Å². The van der Waals surface area contributed by atoms with Crippen molar-refractivity contribution in [2.24, 2.45) is 0 Å². The van der Waals surface area contributed by atoms with E-state index in [4.69, 9.17) is 5.73 Å². The molecule has 1 aromatic rings. The van der Waals surface area contributed by atoms with E-state index < -0.39 is 0 Å². The number of benzene rings is 1. The van der Waals surface area contributed by atoms with Gasteiger partial charge in [0, 0.05) is 24.8 Å². The number of likely N-dealkylation sites (tertiary alicyclic amines) is 1. The number of amides is 1. The molecule has 0 saturated carbocycles. The van der Waals surface area contributed by atoms with Crippen molar-refractivity contribution >= 4 is 11.8 Å². The molecule has 1 heterocycles. The highest BCUT2D eigenvalue weighted by molar-refractivity contribution is 5.67. The molecule has 1 saturated heterocycles. The summed E-state index contributed by atoms with van der Waals surface area (Å²) in [5, 5.41) is 2.85. The van der Waals surface area contributed by atoms with Crippen LogP contribution in [0.15, 0.2) is 24.3 Å². The molecule has 0 radical (unpaired) electrons. The predicted octanol–water partition coefficient (Wildman–Crippen LogP) is 1.63. The van der Waals surface area contributed by atoms with Gasteiger partial charge in [-0.3, -0.25) is 0 Å². The van der Waals surface area contributed by atoms with Crippen molar-refractivity contribution in [2.45, 2.75) is 25.3 Å². The molecule has 0 bridgehead atoms. The highest BCUT2D eigenvalue weighted by atomic mass is 16.5. The minimum Gasteiger partial charge on any atom is -0.453 e. The van der Waals surface area contributed by atoms with Gasteiger partial charge >= 0.3 is 6.09 Å². The smallest absolute Gasteiger partial charge is 0.407 e. The Hall–Kier alpha value is -1.75. The van der Waals surface area contributed by atoms with E-state index in [0.717, 1.165) is 44.6 Å². The van der Waals surface area contributed by atoms with Gasteiger partial charge in [-0.1, -0.05) is 12.1 Å². The van der Waals surface area contributed by atoms with Crippen LogP contribution in [-0.2, 0) is 11.2 Å². The van der Waals surface area contributed by atoms with Crippen molar-refractivity contribution in [1.82, 2.24) is 10.2 Å². The number of hydrogen-bond acceptors (Lipinski definition) is 4. The number of hydrogen-bond donors (Lipinski definition) is 2. The van der Waals surface area contributed by atoms with E-state index in [2.05, 4.69) is 21.0 Å². The lowest BCUT2D eigenvalue weighted by Crippen LogP contribution is -2.37. The molecule has 1 atom stereocenters. The zero-order valence-corrected chi connectivity index (χ0v) is 12.0. The number of nitrogens with two attached hydrogens (primary N) is 1. The van der Waals surface area contributed by atoms with Crippen molar-refractivity contribution in [3.05, 3.63) is 29.8 Å². The maximum absolute atomic E-state index is 11.1. The number of methoxy groups -OCH3 is 1. The first kappa shape index (κ1) is 14.7. The van der Waals surface area contributed by atoms with Gasteiger partial charge in [0.05, 0.1) is 7.11 Å². The first-order valence-corrected chi connectivity index (χ1v) is 7.08. The molecular weight excluding hydrogens is 254 g/mol. The van der Waals surface area contributed by atoms with Crippen molar-refractivity contribution in [3.8, 4) is 0 Å². The Kier molecular flexibility index (Phi) is 5.24. The number of ether oxygens (including phenoxy) is 1. The molecule has 1 aliphatic heterocycles. The maximum atomic E-state index is 11.1. The van der Waals surface area contributed by atoms with Gasteiger partial charge in [-0.2, -0.15) is 0 Å². The number of carbonyl (C=O) groups is 1. The zero-order valence-electron chi connectivity index (χ0n) is 12.0. The monoisotopic (exact) mass is 277 g/mol. The fourth-order valence-electron chi connectivity index (χ4n) is 2.63. The highest BCUT2D eigenvalue weighted by Crippen LogP contribution is 2.12. The highest BCUT2D eigenvalue weighted by Gasteiger charge is 2.23. The van der Waals surface area contributed by atoms with E-state index in [1.807, 2.05) is 18.2 Å². The lowest BCUT2D eigenvalue weighted by molar-refractivity contribution is 0.166. The van der Waals surface area contributed by atoms with Gasteiger partial charge in [0.25, 0.3) is 0 Å². The van der Waals surface area contributed by atoms with Crippen LogP contribution < -0.4 is 11.1 Å². The Morgan fingerprint density at radius 2 is 2.40 bits per heavy atom. The molecule has 2 rings (SSSR count). The van der Waals surface area contributed by atoms with Gasteiger partial charge < -0.3 is 20.7 Å². The fourth-order valence-corrected chi connectivity index (χ4v) is 2.63. The van der Waals surface area contributed by atoms with E-state index in [1.165, 1.54) is 12.7 Å². The Labute approximate surface area is 120 Å². The largest absolute Gasteiger partial charge is 0.453 e. The Morgan fingerprint density at radius 3 is 3.15 bits per heavy atom. The number of rotatable bonds is 5. The van der Waals surface area contributed by atoms with Crippen LogP contribution in [0.1, 0.15) is 18.4 Å². The molecule has 1 amide bonds. The number of nitrogens with zero attached hydrogens (tertiary/aromatic N) is 1. The molecule has 1 fully saturated rings. The van der Waals surface area contributed by atoms with Gasteiger partial charge in [0.1, 0.15) is 0 Å². The third kappa shape index (κ3) is 4.42. The number of nitrogen functional groups attached to an aromatic ring is 1. The van der Waals surface area contributed by atoms with Crippen LogP contribution in [-0.4, -0.2) is 43.8 Å². The summed E-state index contributed by atoms with van der Waals surface area (Å²) in [4.78, 5) is 13.5. The van der Waals surface area contributed by atoms with Crippen LogP contribution in [0.4, 0.5) is 10.5 Å². The summed E-state index contributed by atoms with van der Waals surface area (Å²) in [5.41, 5.74) is 7.88. The van der Waals surface area contributed by atoms with Gasteiger partial charge in [-0.25, -0.2) is 4.79 Å². The second-order valence-corrected chi connectivity index (χ2v) is 5.27. The number of anilines is 1. The van der Waals surface area contributed by atoms with Crippen LogP contribution in [0.5, 0.6) is 0 Å². The van der Waals surface area contributed by atoms with Gasteiger partial charge in [-0.15, -0.1) is 0 Å². The number of nitrogens with one attached hydrogen (secondary N) is 1. The van der Waals surface area contributed by atoms with E-state index in [-0.39, 0.29) is 12.1 Å². The van der Waals surface area contributed by atoms with Crippen LogP contribution >= 0.6 is 0 Å². The van der Waals surface area contributed by atoms with Gasteiger partial charge in [0.15, 0.2) is 0 Å². The molecule has 0 aromatic heterocycles. The second kappa shape index (κ2) is 7.14. The third-order valence-corrected chi connectivity index (χ3v) is 3.67. The SMILES string of the molecule is COC(=O)NC1CCN(CCCc2cccc(N)c2)C1. The van der Waals surface area contributed by atoms with Crippen LogP contribution in [0.2, 0.25) is 0 Å². The van der Waals surface area contributed by atoms with Crippen molar-refractivity contribution in [2.75, 3.05) is 32.5 Å². The van der Waals surface area contributed by atoms with Crippen LogP contribution in [0.25, 0.3) is 0 Å². The molecule has 1 unspecified atom stereocenters. The van der Waals surface area contributed by atoms with Crippen LogP contribution in [0, 0.1) is 0 Å². The first-order valence-electron chi connectivity index (χ1n) is 7.08. The summed E-state index contributed by atoms with van der Waals surface area (Å²) in [7, 11) is 1.40. The summed E-state index contributed by atoms with van der Waals surface area (Å²) in [6.45, 7) is 2.99. The van der Waals surface area contributed by atoms with Gasteiger partial charge in [-0.05, 0) is 43.5 Å². The molecule has 0 aliphatic carbocycles. The normalized spacial score (nSPS) is 18.9. The molecule has 1 aliphatic rings. The second-order valence-electron chi connectivity index (χ2n) is 5.27. The fraction of sp³-hybridized carbons (Fsp3) is 0.533. The molecule has 5 nitrogen and oxygen atoms in total. The van der Waals surface area contributed by atoms with E-state index in [1.54, 1.807) is 0 Å². The number of carbonyl (C=O) groups excluding carboxylic acids is 1. The Morgan fingerprint density at radius 1 is 1.55 bits per heavy atom. The summed E-state index contributed by atoms with van der Waals surface area (Å²) >= 11 is 0. The number of aryl methyl sites for hydroxylation is 1. The quantitative estimate of drug-likeness (QED) is 0.803. The Bertz CT molecular complexity index is 450. The van der Waals surface area contributed by atoms with Gasteiger partial charge in [0.2, 0.25) is 0 Å². The molecule has 20 heavy (non-hydrogen) atoms. The zero-order chi connectivity index (χ0) is 14.4. The maximum Gasteiger partial charge on any atom is 0.407 e. The lowest BCUT2D eigenvalue weighted by atomic mass is 10.1. The van der Waals surface area contributed by atoms with E-state index >= 15 is 0 Å².